The van der Waals surface area contributed by atoms with E-state index in [1.54, 1.807) is 0 Å². The molecule has 0 fully saturated rings. The molecule has 0 spiro atoms. The van der Waals surface area contributed by atoms with Crippen molar-refractivity contribution in [1.82, 2.24) is 0 Å². The van der Waals surface area contributed by atoms with Crippen molar-refractivity contribution in [2.75, 3.05) is 13.7 Å². The maximum absolute atomic E-state index is 11.1. The SMILES string of the molecule is COC(=O)C(C=CCCCCOS(=O)(=O)O)C(=O)O. The Kier molecular flexibility index (Phi) is 7.96. The average molecular weight is 296 g/mol. The number of esters is 1. The van der Waals surface area contributed by atoms with Crippen LogP contribution >= 0.6 is 0 Å². The Labute approximate surface area is 111 Å². The molecule has 0 heterocycles. The van der Waals surface area contributed by atoms with Gasteiger partial charge in [-0.3, -0.25) is 14.1 Å². The van der Waals surface area contributed by atoms with Gasteiger partial charge in [0, 0.05) is 0 Å². The van der Waals surface area contributed by atoms with Gasteiger partial charge in [0.25, 0.3) is 0 Å². The van der Waals surface area contributed by atoms with Crippen LogP contribution in [0.1, 0.15) is 19.3 Å². The van der Waals surface area contributed by atoms with Crippen molar-refractivity contribution in [1.29, 1.82) is 0 Å². The van der Waals surface area contributed by atoms with E-state index in [2.05, 4.69) is 8.92 Å². The molecule has 0 amide bonds. The van der Waals surface area contributed by atoms with Gasteiger partial charge in [0.15, 0.2) is 5.92 Å². The first-order valence-electron chi connectivity index (χ1n) is 5.37. The van der Waals surface area contributed by atoms with Gasteiger partial charge in [-0.15, -0.1) is 0 Å². The molecule has 0 aromatic heterocycles. The van der Waals surface area contributed by atoms with Crippen LogP contribution in [0, 0.1) is 5.92 Å². The molecule has 0 rings (SSSR count). The summed E-state index contributed by atoms with van der Waals surface area (Å²) in [5.74, 6) is -3.52. The Bertz CT molecular complexity index is 425. The highest BCUT2D eigenvalue weighted by Crippen LogP contribution is 2.05. The van der Waals surface area contributed by atoms with Crippen LogP contribution < -0.4 is 0 Å². The molecule has 0 radical (unpaired) electrons. The minimum absolute atomic E-state index is 0.161. The second-order valence-corrected chi connectivity index (χ2v) is 4.60. The normalized spacial score (nSPS) is 13.4. The molecule has 0 saturated heterocycles. The van der Waals surface area contributed by atoms with Crippen molar-refractivity contribution >= 4 is 22.3 Å². The van der Waals surface area contributed by atoms with Crippen LogP contribution in [0.2, 0.25) is 0 Å². The summed E-state index contributed by atoms with van der Waals surface area (Å²) in [5, 5.41) is 8.74. The predicted octanol–water partition coefficient (Wildman–Crippen LogP) is 0.406. The van der Waals surface area contributed by atoms with Crippen LogP contribution in [0.3, 0.4) is 0 Å². The zero-order valence-electron chi connectivity index (χ0n) is 10.3. The second-order valence-electron chi connectivity index (χ2n) is 3.51. The smallest absolute Gasteiger partial charge is 0.397 e. The summed E-state index contributed by atoms with van der Waals surface area (Å²) < 4.78 is 37.1. The van der Waals surface area contributed by atoms with Crippen molar-refractivity contribution in [2.45, 2.75) is 19.3 Å². The molecule has 9 heteroatoms. The van der Waals surface area contributed by atoms with Crippen LogP contribution in [-0.2, 0) is 28.9 Å². The Morgan fingerprint density at radius 1 is 1.32 bits per heavy atom. The molecule has 0 aliphatic heterocycles. The third-order valence-corrected chi connectivity index (χ3v) is 2.51. The van der Waals surface area contributed by atoms with Gasteiger partial charge in [0.1, 0.15) is 0 Å². The van der Waals surface area contributed by atoms with E-state index in [0.717, 1.165) is 7.11 Å². The number of carbonyl (C=O) groups excluding carboxylic acids is 1. The monoisotopic (exact) mass is 296 g/mol. The van der Waals surface area contributed by atoms with Gasteiger partial charge in [-0.2, -0.15) is 8.42 Å². The molecule has 0 saturated carbocycles. The molecule has 0 aliphatic rings. The summed E-state index contributed by atoms with van der Waals surface area (Å²) in [4.78, 5) is 21.8. The number of carbonyl (C=O) groups is 2. The van der Waals surface area contributed by atoms with Crippen molar-refractivity contribution in [2.24, 2.45) is 5.92 Å². The number of ether oxygens (including phenoxy) is 1. The highest BCUT2D eigenvalue weighted by atomic mass is 32.3. The molecule has 0 aromatic carbocycles. The Hall–Kier alpha value is -1.45. The number of carboxylic acids is 1. The molecule has 0 bridgehead atoms. The van der Waals surface area contributed by atoms with Crippen molar-refractivity contribution in [3.63, 3.8) is 0 Å². The van der Waals surface area contributed by atoms with Gasteiger partial charge in [-0.25, -0.2) is 4.18 Å². The van der Waals surface area contributed by atoms with Crippen LogP contribution in [0.4, 0.5) is 0 Å². The summed E-state index contributed by atoms with van der Waals surface area (Å²) >= 11 is 0. The number of rotatable bonds is 9. The average Bonchev–Trinajstić information content (AvgIpc) is 2.30. The first-order chi connectivity index (χ1) is 8.78. The lowest BCUT2D eigenvalue weighted by atomic mass is 10.1. The number of hydrogen-bond donors (Lipinski definition) is 2. The van der Waals surface area contributed by atoms with E-state index in [1.807, 2.05) is 0 Å². The third-order valence-electron chi connectivity index (χ3n) is 2.05. The molecular formula is C10H16O8S. The summed E-state index contributed by atoms with van der Waals surface area (Å²) in [6, 6.07) is 0. The lowest BCUT2D eigenvalue weighted by Crippen LogP contribution is -2.22. The Morgan fingerprint density at radius 3 is 2.42 bits per heavy atom. The molecule has 0 aliphatic carbocycles. The summed E-state index contributed by atoms with van der Waals surface area (Å²) in [5.41, 5.74) is 0. The molecule has 1 atom stereocenters. The van der Waals surface area contributed by atoms with E-state index in [9.17, 15) is 18.0 Å². The number of unbranched alkanes of at least 4 members (excludes halogenated alkanes) is 2. The third kappa shape index (κ3) is 9.17. The molecule has 1 unspecified atom stereocenters. The maximum Gasteiger partial charge on any atom is 0.397 e. The topological polar surface area (TPSA) is 127 Å². The second kappa shape index (κ2) is 8.62. The van der Waals surface area contributed by atoms with Crippen LogP contribution in [0.25, 0.3) is 0 Å². The Balaban J connectivity index is 3.95. The zero-order chi connectivity index (χ0) is 14.9. The van der Waals surface area contributed by atoms with Gasteiger partial charge < -0.3 is 9.84 Å². The summed E-state index contributed by atoms with van der Waals surface area (Å²) in [7, 11) is -3.32. The van der Waals surface area contributed by atoms with Gasteiger partial charge in [-0.05, 0) is 19.3 Å². The van der Waals surface area contributed by atoms with Gasteiger partial charge in [-0.1, -0.05) is 12.2 Å². The van der Waals surface area contributed by atoms with Crippen molar-refractivity contribution < 1.29 is 36.6 Å². The number of carboxylic acid groups (broad SMARTS) is 1. The Morgan fingerprint density at radius 2 is 1.95 bits per heavy atom. The molecule has 8 nitrogen and oxygen atoms in total. The quantitative estimate of drug-likeness (QED) is 0.206. The molecule has 110 valence electrons. The molecule has 19 heavy (non-hydrogen) atoms. The van der Waals surface area contributed by atoms with Crippen molar-refractivity contribution in [3.05, 3.63) is 12.2 Å². The highest BCUT2D eigenvalue weighted by Gasteiger charge is 2.23. The van der Waals surface area contributed by atoms with E-state index in [0.29, 0.717) is 19.3 Å². The van der Waals surface area contributed by atoms with E-state index >= 15 is 0 Å². The standard InChI is InChI=1S/C10H16O8S/c1-17-10(13)8(9(11)12)6-4-2-3-5-7-18-19(14,15)16/h4,6,8H,2-3,5,7H2,1H3,(H,11,12)(H,14,15,16). The van der Waals surface area contributed by atoms with E-state index in [4.69, 9.17) is 9.66 Å². The largest absolute Gasteiger partial charge is 0.480 e. The lowest BCUT2D eigenvalue weighted by Gasteiger charge is -2.04. The number of methoxy groups -OCH3 is 1. The summed E-state index contributed by atoms with van der Waals surface area (Å²) in [6.45, 7) is -0.161. The number of hydrogen-bond acceptors (Lipinski definition) is 6. The van der Waals surface area contributed by atoms with E-state index in [-0.39, 0.29) is 6.61 Å². The fourth-order valence-corrected chi connectivity index (χ4v) is 1.48. The van der Waals surface area contributed by atoms with Crippen molar-refractivity contribution in [3.8, 4) is 0 Å². The minimum atomic E-state index is -4.41. The van der Waals surface area contributed by atoms with E-state index in [1.165, 1.54) is 12.2 Å². The van der Waals surface area contributed by atoms with Gasteiger partial charge in [0.05, 0.1) is 13.7 Å². The maximum atomic E-state index is 11.1. The first-order valence-corrected chi connectivity index (χ1v) is 6.73. The zero-order valence-corrected chi connectivity index (χ0v) is 11.1. The van der Waals surface area contributed by atoms with Gasteiger partial charge >= 0.3 is 22.3 Å². The molecule has 2 N–H and O–H groups in total. The number of aliphatic carboxylic acids is 1. The molecule has 0 aromatic rings. The lowest BCUT2D eigenvalue weighted by molar-refractivity contribution is -0.154. The van der Waals surface area contributed by atoms with Crippen LogP contribution in [0.5, 0.6) is 0 Å². The number of allylic oxidation sites excluding steroid dienone is 1. The molecular weight excluding hydrogens is 280 g/mol. The van der Waals surface area contributed by atoms with Gasteiger partial charge in [0.2, 0.25) is 0 Å². The van der Waals surface area contributed by atoms with E-state index < -0.39 is 28.3 Å². The first kappa shape index (κ1) is 17.6. The summed E-state index contributed by atoms with van der Waals surface area (Å²) in [6.07, 6.45) is 4.01. The predicted molar refractivity (Wildman–Crippen MR) is 63.6 cm³/mol. The fourth-order valence-electron chi connectivity index (χ4n) is 1.15. The minimum Gasteiger partial charge on any atom is -0.480 e. The van der Waals surface area contributed by atoms with Crippen LogP contribution in [-0.4, -0.2) is 43.7 Å². The highest BCUT2D eigenvalue weighted by molar-refractivity contribution is 7.80. The fraction of sp³-hybridized carbons (Fsp3) is 0.600. The van der Waals surface area contributed by atoms with Crippen LogP contribution in [0.15, 0.2) is 12.2 Å².